The second-order valence-corrected chi connectivity index (χ2v) is 7.86. The van der Waals surface area contributed by atoms with Crippen molar-refractivity contribution < 1.29 is 60.0 Å². The van der Waals surface area contributed by atoms with E-state index >= 15 is 0 Å². The fourth-order valence-corrected chi connectivity index (χ4v) is 3.66. The van der Waals surface area contributed by atoms with Crippen LogP contribution in [0.25, 0.3) is 0 Å². The van der Waals surface area contributed by atoms with Crippen molar-refractivity contribution in [2.45, 2.75) is 56.6 Å². The number of nitrogens with zero attached hydrogens (tertiary/aromatic N) is 2. The number of halogens is 6. The first-order valence-electron chi connectivity index (χ1n) is 10.8. The lowest BCUT2D eigenvalue weighted by Crippen LogP contribution is -2.51. The lowest BCUT2D eigenvalue weighted by atomic mass is 10.1. The predicted molar refractivity (Wildman–Crippen MR) is 112 cm³/mol. The number of carboxylic acids is 2. The zero-order valence-electron chi connectivity index (χ0n) is 19.1. The van der Waals surface area contributed by atoms with E-state index in [9.17, 15) is 26.3 Å². The number of furan rings is 1. The van der Waals surface area contributed by atoms with Gasteiger partial charge in [-0.25, -0.2) is 9.59 Å². The summed E-state index contributed by atoms with van der Waals surface area (Å²) < 4.78 is 80.8. The summed E-state index contributed by atoms with van der Waals surface area (Å²) in [5.41, 5.74) is 2.20. The van der Waals surface area contributed by atoms with Crippen LogP contribution in [0.3, 0.4) is 0 Å². The minimum Gasteiger partial charge on any atom is -0.475 e. The highest BCUT2D eigenvalue weighted by atomic mass is 19.4. The monoisotopic (exact) mass is 542 g/mol. The van der Waals surface area contributed by atoms with E-state index in [0.717, 1.165) is 38.2 Å². The van der Waals surface area contributed by atoms with Crippen molar-refractivity contribution in [3.8, 4) is 0 Å². The van der Waals surface area contributed by atoms with E-state index in [-0.39, 0.29) is 12.2 Å². The average Bonchev–Trinajstić information content (AvgIpc) is 3.48. The molecule has 1 aliphatic carbocycles. The molecule has 1 saturated carbocycles. The van der Waals surface area contributed by atoms with Crippen molar-refractivity contribution in [1.82, 2.24) is 9.88 Å². The zero-order valence-corrected chi connectivity index (χ0v) is 19.1. The van der Waals surface area contributed by atoms with Gasteiger partial charge in [0.05, 0.1) is 43.6 Å². The van der Waals surface area contributed by atoms with Crippen molar-refractivity contribution in [2.75, 3.05) is 13.2 Å². The fraction of sp³-hybridized carbons (Fsp3) is 0.500. The van der Waals surface area contributed by atoms with Crippen LogP contribution in [-0.2, 0) is 32.2 Å². The number of alkyl halides is 6. The minimum atomic E-state index is -5.08. The number of morpholine rings is 1. The molecule has 2 fully saturated rings. The molecular formula is C22H24F6N2O7. The van der Waals surface area contributed by atoms with Gasteiger partial charge in [-0.15, -0.1) is 0 Å². The molecule has 2 aliphatic rings. The Labute approximate surface area is 206 Å². The molecule has 0 aromatic carbocycles. The standard InChI is InChI=1S/C18H22N2O3.2C2HF3O2/c1-2-7-19-15(3-1)13-23-17-5-4-16-18(17)22-10-8-20(16)11-14-6-9-21-12-14;2*3-2(4,5)1(6)7/h1-3,6-7,9,12,16-18H,4-5,8,10-11,13H2;2*(H,6,7)/t16-,17-,18+;;/m0../s1. The molecule has 206 valence electrons. The minimum absolute atomic E-state index is 0.161. The number of aliphatic carboxylic acids is 2. The number of carboxylic acid groups (broad SMARTS) is 2. The number of carbonyl (C=O) groups is 2. The Kier molecular flexibility index (Phi) is 10.9. The summed E-state index contributed by atoms with van der Waals surface area (Å²) in [5, 5.41) is 14.2. The van der Waals surface area contributed by atoms with Crippen LogP contribution in [0.2, 0.25) is 0 Å². The predicted octanol–water partition coefficient (Wildman–Crippen LogP) is 3.89. The largest absolute Gasteiger partial charge is 0.490 e. The summed E-state index contributed by atoms with van der Waals surface area (Å²) >= 11 is 0. The van der Waals surface area contributed by atoms with Crippen LogP contribution in [0.4, 0.5) is 26.3 Å². The summed E-state index contributed by atoms with van der Waals surface area (Å²) in [6.45, 7) is 3.22. The average molecular weight is 542 g/mol. The van der Waals surface area contributed by atoms with E-state index in [4.69, 9.17) is 33.7 Å². The number of fused-ring (bicyclic) bond motifs is 1. The quantitative estimate of drug-likeness (QED) is 0.542. The van der Waals surface area contributed by atoms with Gasteiger partial charge in [-0.1, -0.05) is 6.07 Å². The summed E-state index contributed by atoms with van der Waals surface area (Å²) in [6.07, 6.45) is -2.30. The van der Waals surface area contributed by atoms with E-state index in [1.54, 1.807) is 12.5 Å². The van der Waals surface area contributed by atoms with Gasteiger partial charge in [0, 0.05) is 30.9 Å². The van der Waals surface area contributed by atoms with Gasteiger partial charge < -0.3 is 24.1 Å². The van der Waals surface area contributed by atoms with Gasteiger partial charge in [0.2, 0.25) is 0 Å². The van der Waals surface area contributed by atoms with Crippen molar-refractivity contribution in [3.63, 3.8) is 0 Å². The molecule has 2 N–H and O–H groups in total. The topological polar surface area (TPSA) is 122 Å². The third-order valence-electron chi connectivity index (χ3n) is 5.27. The number of rotatable bonds is 5. The molecule has 0 spiro atoms. The summed E-state index contributed by atoms with van der Waals surface area (Å²) in [5.74, 6) is -5.51. The van der Waals surface area contributed by atoms with E-state index in [2.05, 4.69) is 9.88 Å². The molecular weight excluding hydrogens is 518 g/mol. The number of ether oxygens (including phenoxy) is 2. The van der Waals surface area contributed by atoms with E-state index < -0.39 is 24.3 Å². The van der Waals surface area contributed by atoms with Crippen LogP contribution in [0.5, 0.6) is 0 Å². The molecule has 3 atom stereocenters. The lowest BCUT2D eigenvalue weighted by molar-refractivity contribution is -0.193. The number of hydrogen-bond donors (Lipinski definition) is 2. The van der Waals surface area contributed by atoms with Gasteiger partial charge >= 0.3 is 24.3 Å². The Morgan fingerprint density at radius 1 is 1.05 bits per heavy atom. The Balaban J connectivity index is 0.000000286. The van der Waals surface area contributed by atoms with Crippen molar-refractivity contribution in [1.29, 1.82) is 0 Å². The second kappa shape index (κ2) is 13.4. The first-order valence-corrected chi connectivity index (χ1v) is 10.8. The van der Waals surface area contributed by atoms with Crippen LogP contribution >= 0.6 is 0 Å². The first kappa shape index (κ1) is 30.1. The number of aromatic nitrogens is 1. The third kappa shape index (κ3) is 10.0. The smallest absolute Gasteiger partial charge is 0.475 e. The van der Waals surface area contributed by atoms with Crippen molar-refractivity contribution >= 4 is 11.9 Å². The highest BCUT2D eigenvalue weighted by molar-refractivity contribution is 5.73. The SMILES string of the molecule is O=C(O)C(F)(F)F.O=C(O)C(F)(F)F.c1ccc(CO[C@H]2CC[C@H]3[C@H]2OCCN3Cc2ccoc2)nc1. The molecule has 0 amide bonds. The second-order valence-electron chi connectivity index (χ2n) is 7.86. The molecule has 3 heterocycles. The van der Waals surface area contributed by atoms with Gasteiger partial charge in [0.1, 0.15) is 0 Å². The van der Waals surface area contributed by atoms with Crippen LogP contribution < -0.4 is 0 Å². The van der Waals surface area contributed by atoms with Gasteiger partial charge in [0.25, 0.3) is 0 Å². The zero-order chi connectivity index (χ0) is 27.6. The van der Waals surface area contributed by atoms with E-state index in [1.807, 2.05) is 30.5 Å². The molecule has 1 saturated heterocycles. The molecule has 9 nitrogen and oxygen atoms in total. The van der Waals surface area contributed by atoms with E-state index in [0.29, 0.717) is 12.6 Å². The maximum Gasteiger partial charge on any atom is 0.490 e. The summed E-state index contributed by atoms with van der Waals surface area (Å²) in [7, 11) is 0. The normalized spacial score (nSPS) is 21.6. The molecule has 0 radical (unpaired) electrons. The summed E-state index contributed by atoms with van der Waals surface area (Å²) in [6, 6.07) is 8.39. The van der Waals surface area contributed by atoms with Gasteiger partial charge in [-0.05, 0) is 31.0 Å². The highest BCUT2D eigenvalue weighted by Crippen LogP contribution is 2.33. The Hall–Kier alpha value is -3.17. The molecule has 2 aromatic rings. The van der Waals surface area contributed by atoms with Crippen LogP contribution in [0, 0.1) is 0 Å². The highest BCUT2D eigenvalue weighted by Gasteiger charge is 2.43. The van der Waals surface area contributed by atoms with Crippen LogP contribution in [0.1, 0.15) is 24.1 Å². The van der Waals surface area contributed by atoms with Gasteiger partial charge in [-0.2, -0.15) is 26.3 Å². The molecule has 1 aliphatic heterocycles. The maximum absolute atomic E-state index is 10.6. The van der Waals surface area contributed by atoms with Crippen molar-refractivity contribution in [2.24, 2.45) is 0 Å². The molecule has 4 rings (SSSR count). The Bertz CT molecular complexity index is 946. The molecule has 0 bridgehead atoms. The Morgan fingerprint density at radius 2 is 1.70 bits per heavy atom. The van der Waals surface area contributed by atoms with Crippen LogP contribution in [-0.4, -0.2) is 75.8 Å². The van der Waals surface area contributed by atoms with E-state index in [1.165, 1.54) is 5.56 Å². The third-order valence-corrected chi connectivity index (χ3v) is 5.27. The lowest BCUT2D eigenvalue weighted by Gasteiger charge is -2.38. The van der Waals surface area contributed by atoms with Gasteiger partial charge in [-0.3, -0.25) is 9.88 Å². The number of pyridine rings is 1. The summed E-state index contributed by atoms with van der Waals surface area (Å²) in [4.78, 5) is 24.6. The van der Waals surface area contributed by atoms with Gasteiger partial charge in [0.15, 0.2) is 0 Å². The van der Waals surface area contributed by atoms with Crippen molar-refractivity contribution in [3.05, 3.63) is 54.2 Å². The Morgan fingerprint density at radius 3 is 2.22 bits per heavy atom. The fourth-order valence-electron chi connectivity index (χ4n) is 3.66. The van der Waals surface area contributed by atoms with Crippen LogP contribution in [0.15, 0.2) is 47.4 Å². The number of hydrogen-bond acceptors (Lipinski definition) is 7. The molecule has 37 heavy (non-hydrogen) atoms. The molecule has 0 unspecified atom stereocenters. The first-order chi connectivity index (χ1) is 17.3. The maximum atomic E-state index is 10.6. The molecule has 2 aromatic heterocycles. The molecule has 15 heteroatoms.